The van der Waals surface area contributed by atoms with Crippen LogP contribution in [-0.2, 0) is 4.79 Å². The number of rotatable bonds is 3. The Morgan fingerprint density at radius 3 is 2.33 bits per heavy atom. The summed E-state index contributed by atoms with van der Waals surface area (Å²) in [5.74, 6) is -1.71. The Hall–Kier alpha value is -0.490. The van der Waals surface area contributed by atoms with Gasteiger partial charge in [-0.1, -0.05) is 6.92 Å². The van der Waals surface area contributed by atoms with E-state index in [0.29, 0.717) is 19.5 Å². The molecule has 0 aromatic heterocycles. The van der Waals surface area contributed by atoms with E-state index in [9.17, 15) is 18.0 Å². The Kier molecular flexibility index (Phi) is 5.37. The van der Waals surface area contributed by atoms with Crippen LogP contribution in [0.3, 0.4) is 0 Å². The molecule has 15 heavy (non-hydrogen) atoms. The van der Waals surface area contributed by atoms with Crippen molar-refractivity contribution in [3.63, 3.8) is 0 Å². The number of nitrogens with one attached hydrogen (secondary N) is 2. The standard InChI is InChI=1S/C8H13F3N2O.ClH/c1-2-6(5-3-12-4-5)13-7(14)8(9,10)11;/h5-6,12H,2-4H2,1H3,(H,13,14);1H. The molecule has 0 aliphatic carbocycles. The molecule has 0 radical (unpaired) electrons. The molecule has 1 rings (SSSR count). The Bertz CT molecular complexity index is 218. The summed E-state index contributed by atoms with van der Waals surface area (Å²) >= 11 is 0. The molecule has 1 aliphatic rings. The van der Waals surface area contributed by atoms with E-state index in [1.165, 1.54) is 0 Å². The maximum Gasteiger partial charge on any atom is 0.471 e. The van der Waals surface area contributed by atoms with Crippen LogP contribution in [-0.4, -0.2) is 31.2 Å². The second-order valence-electron chi connectivity index (χ2n) is 3.40. The number of alkyl halides is 3. The SMILES string of the molecule is CCC(NC(=O)C(F)(F)F)C1CNC1.Cl. The monoisotopic (exact) mass is 246 g/mol. The summed E-state index contributed by atoms with van der Waals surface area (Å²) in [5, 5.41) is 4.96. The third-order valence-corrected chi connectivity index (χ3v) is 2.40. The fourth-order valence-corrected chi connectivity index (χ4v) is 1.40. The number of carbonyl (C=O) groups is 1. The van der Waals surface area contributed by atoms with Gasteiger partial charge in [0.2, 0.25) is 0 Å². The number of hydrogen-bond donors (Lipinski definition) is 2. The lowest BCUT2D eigenvalue weighted by atomic mass is 9.92. The first kappa shape index (κ1) is 14.5. The lowest BCUT2D eigenvalue weighted by Crippen LogP contribution is -2.56. The molecular formula is C8H14ClF3N2O. The highest BCUT2D eigenvalue weighted by atomic mass is 35.5. The van der Waals surface area contributed by atoms with Crippen molar-refractivity contribution in [2.45, 2.75) is 25.6 Å². The van der Waals surface area contributed by atoms with Gasteiger partial charge < -0.3 is 10.6 Å². The lowest BCUT2D eigenvalue weighted by Gasteiger charge is -2.34. The van der Waals surface area contributed by atoms with Crippen molar-refractivity contribution in [2.24, 2.45) is 5.92 Å². The van der Waals surface area contributed by atoms with Gasteiger partial charge in [0.05, 0.1) is 0 Å². The van der Waals surface area contributed by atoms with Crippen LogP contribution in [0.1, 0.15) is 13.3 Å². The Morgan fingerprint density at radius 1 is 1.53 bits per heavy atom. The van der Waals surface area contributed by atoms with Gasteiger partial charge in [-0.15, -0.1) is 12.4 Å². The largest absolute Gasteiger partial charge is 0.471 e. The molecule has 1 aliphatic heterocycles. The van der Waals surface area contributed by atoms with Crippen LogP contribution in [0.5, 0.6) is 0 Å². The maximum atomic E-state index is 11.9. The van der Waals surface area contributed by atoms with Crippen LogP contribution in [0.25, 0.3) is 0 Å². The molecule has 1 amide bonds. The predicted octanol–water partition coefficient (Wildman–Crippen LogP) is 1.08. The van der Waals surface area contributed by atoms with E-state index in [2.05, 4.69) is 5.32 Å². The first-order valence-electron chi connectivity index (χ1n) is 4.53. The third-order valence-electron chi connectivity index (χ3n) is 2.40. The zero-order valence-corrected chi connectivity index (χ0v) is 9.04. The lowest BCUT2D eigenvalue weighted by molar-refractivity contribution is -0.174. The van der Waals surface area contributed by atoms with E-state index in [1.807, 2.05) is 5.32 Å². The van der Waals surface area contributed by atoms with Gasteiger partial charge >= 0.3 is 12.1 Å². The molecule has 1 unspecified atom stereocenters. The quantitative estimate of drug-likeness (QED) is 0.783. The molecule has 0 spiro atoms. The molecule has 0 saturated carbocycles. The highest BCUT2D eigenvalue weighted by Gasteiger charge is 2.41. The van der Waals surface area contributed by atoms with Gasteiger partial charge in [0.15, 0.2) is 0 Å². The van der Waals surface area contributed by atoms with E-state index in [0.717, 1.165) is 0 Å². The van der Waals surface area contributed by atoms with Gasteiger partial charge in [-0.25, -0.2) is 0 Å². The van der Waals surface area contributed by atoms with Crippen molar-refractivity contribution in [3.8, 4) is 0 Å². The van der Waals surface area contributed by atoms with Gasteiger partial charge in [-0.3, -0.25) is 4.79 Å². The van der Waals surface area contributed by atoms with Gasteiger partial charge in [0.25, 0.3) is 0 Å². The van der Waals surface area contributed by atoms with Crippen LogP contribution in [0.4, 0.5) is 13.2 Å². The van der Waals surface area contributed by atoms with E-state index in [1.54, 1.807) is 6.92 Å². The van der Waals surface area contributed by atoms with Gasteiger partial charge in [-0.2, -0.15) is 13.2 Å². The van der Waals surface area contributed by atoms with E-state index in [4.69, 9.17) is 0 Å². The highest BCUT2D eigenvalue weighted by Crippen LogP contribution is 2.18. The maximum absolute atomic E-state index is 11.9. The molecule has 0 aromatic rings. The van der Waals surface area contributed by atoms with Crippen LogP contribution < -0.4 is 10.6 Å². The number of amides is 1. The van der Waals surface area contributed by atoms with Crippen molar-refractivity contribution in [1.29, 1.82) is 0 Å². The molecule has 2 N–H and O–H groups in total. The van der Waals surface area contributed by atoms with Crippen molar-refractivity contribution in [3.05, 3.63) is 0 Å². The molecule has 0 aromatic carbocycles. The number of hydrogen-bond acceptors (Lipinski definition) is 2. The fraction of sp³-hybridized carbons (Fsp3) is 0.875. The van der Waals surface area contributed by atoms with Crippen LogP contribution in [0, 0.1) is 5.92 Å². The van der Waals surface area contributed by atoms with E-state index >= 15 is 0 Å². The average molecular weight is 247 g/mol. The normalized spacial score (nSPS) is 18.7. The molecule has 3 nitrogen and oxygen atoms in total. The Labute approximate surface area is 92.2 Å². The summed E-state index contributed by atoms with van der Waals surface area (Å²) in [5.41, 5.74) is 0. The van der Waals surface area contributed by atoms with Gasteiger partial charge in [0, 0.05) is 25.0 Å². The zero-order valence-electron chi connectivity index (χ0n) is 8.23. The van der Waals surface area contributed by atoms with Crippen LogP contribution in [0.2, 0.25) is 0 Å². The number of halogens is 4. The summed E-state index contributed by atoms with van der Waals surface area (Å²) in [7, 11) is 0. The van der Waals surface area contributed by atoms with Crippen LogP contribution in [0.15, 0.2) is 0 Å². The molecule has 1 heterocycles. The van der Waals surface area contributed by atoms with Crippen LogP contribution >= 0.6 is 12.4 Å². The minimum Gasteiger partial charge on any atom is -0.345 e. The second-order valence-corrected chi connectivity index (χ2v) is 3.40. The smallest absolute Gasteiger partial charge is 0.345 e. The molecule has 0 bridgehead atoms. The zero-order chi connectivity index (χ0) is 10.8. The van der Waals surface area contributed by atoms with Gasteiger partial charge in [0.1, 0.15) is 0 Å². The van der Waals surface area contributed by atoms with Crippen molar-refractivity contribution < 1.29 is 18.0 Å². The van der Waals surface area contributed by atoms with Crippen molar-refractivity contribution >= 4 is 18.3 Å². The minimum absolute atomic E-state index is 0. The van der Waals surface area contributed by atoms with Crippen molar-refractivity contribution in [2.75, 3.05) is 13.1 Å². The predicted molar refractivity (Wildman–Crippen MR) is 51.9 cm³/mol. The first-order chi connectivity index (χ1) is 6.45. The fourth-order valence-electron chi connectivity index (χ4n) is 1.40. The summed E-state index contributed by atoms with van der Waals surface area (Å²) in [6, 6.07) is -0.370. The first-order valence-corrected chi connectivity index (χ1v) is 4.53. The summed E-state index contributed by atoms with van der Waals surface area (Å²) in [6.45, 7) is 3.12. The average Bonchev–Trinajstić information content (AvgIpc) is 1.97. The summed E-state index contributed by atoms with van der Waals surface area (Å²) in [6.07, 6.45) is -4.25. The van der Waals surface area contributed by atoms with E-state index in [-0.39, 0.29) is 24.4 Å². The molecule has 7 heteroatoms. The summed E-state index contributed by atoms with van der Waals surface area (Å²) in [4.78, 5) is 10.6. The Morgan fingerprint density at radius 2 is 2.07 bits per heavy atom. The topological polar surface area (TPSA) is 41.1 Å². The highest BCUT2D eigenvalue weighted by molar-refractivity contribution is 5.85. The van der Waals surface area contributed by atoms with Gasteiger partial charge in [-0.05, 0) is 6.42 Å². The molecule has 1 fully saturated rings. The molecule has 90 valence electrons. The third kappa shape index (κ3) is 3.87. The second kappa shape index (κ2) is 5.55. The summed E-state index contributed by atoms with van der Waals surface area (Å²) < 4.78 is 35.7. The Balaban J connectivity index is 0.00000196. The minimum atomic E-state index is -4.77. The molecular weight excluding hydrogens is 233 g/mol. The molecule has 1 atom stereocenters. The number of carbonyl (C=O) groups excluding carboxylic acids is 1. The van der Waals surface area contributed by atoms with E-state index < -0.39 is 12.1 Å². The van der Waals surface area contributed by atoms with Crippen molar-refractivity contribution in [1.82, 2.24) is 10.6 Å². The molecule has 1 saturated heterocycles.